The highest BCUT2D eigenvalue weighted by molar-refractivity contribution is 7.91. The Morgan fingerprint density at radius 2 is 1.76 bits per heavy atom. The Labute approximate surface area is 166 Å². The molecule has 1 aromatic rings. The Bertz CT molecular complexity index is 1080. The molecule has 0 radical (unpaired) electrons. The maximum atomic E-state index is 14.7. The average molecular weight is 426 g/mol. The summed E-state index contributed by atoms with van der Waals surface area (Å²) in [5.41, 5.74) is 1.44. The zero-order valence-corrected chi connectivity index (χ0v) is 16.3. The van der Waals surface area contributed by atoms with Crippen LogP contribution in [0.5, 0.6) is 0 Å². The van der Waals surface area contributed by atoms with E-state index in [9.17, 15) is 26.0 Å². The van der Waals surface area contributed by atoms with Crippen molar-refractivity contribution in [2.45, 2.75) is 23.6 Å². The van der Waals surface area contributed by atoms with Crippen LogP contribution in [-0.4, -0.2) is 27.4 Å². The van der Waals surface area contributed by atoms with E-state index in [1.165, 1.54) is 24.3 Å². The van der Waals surface area contributed by atoms with E-state index >= 15 is 0 Å². The molecule has 3 nitrogen and oxygen atoms in total. The van der Waals surface area contributed by atoms with Gasteiger partial charge >= 0.3 is 0 Å². The monoisotopic (exact) mass is 426 g/mol. The number of hydrogen-bond donors (Lipinski definition) is 0. The minimum Gasteiger partial charge on any atom is -0.341 e. The molecule has 0 saturated heterocycles. The first kappa shape index (κ1) is 20.1. The summed E-state index contributed by atoms with van der Waals surface area (Å²) in [4.78, 5) is -0.161. The Morgan fingerprint density at radius 1 is 1.10 bits per heavy atom. The molecule has 0 aliphatic heterocycles. The van der Waals surface area contributed by atoms with Crippen molar-refractivity contribution < 1.29 is 30.7 Å². The zero-order valence-electron chi connectivity index (χ0n) is 15.5. The van der Waals surface area contributed by atoms with Crippen LogP contribution in [0.4, 0.5) is 17.6 Å². The molecular formula is C21H18F4O3S. The van der Waals surface area contributed by atoms with E-state index in [2.05, 4.69) is 4.74 Å². The van der Waals surface area contributed by atoms with Gasteiger partial charge in [-0.2, -0.15) is 4.39 Å². The summed E-state index contributed by atoms with van der Waals surface area (Å²) in [6.07, 6.45) is 6.84. The smallest absolute Gasteiger partial charge is 0.283 e. The molecule has 1 spiro atoms. The number of sulfone groups is 1. The summed E-state index contributed by atoms with van der Waals surface area (Å²) in [5.74, 6) is -6.15. The van der Waals surface area contributed by atoms with E-state index in [0.717, 1.165) is 26.0 Å². The number of hydrogen-bond acceptors (Lipinski definition) is 3. The number of methoxy groups -OCH3 is 1. The normalized spacial score (nSPS) is 28.0. The van der Waals surface area contributed by atoms with Gasteiger partial charge in [-0.25, -0.2) is 21.6 Å². The molecule has 0 N–H and O–H groups in total. The second-order valence-corrected chi connectivity index (χ2v) is 9.43. The molecule has 2 unspecified atom stereocenters. The maximum absolute atomic E-state index is 14.7. The number of allylic oxidation sites excluding steroid dienone is 6. The van der Waals surface area contributed by atoms with Crippen LogP contribution in [0.1, 0.15) is 18.4 Å². The van der Waals surface area contributed by atoms with Gasteiger partial charge in [0.1, 0.15) is 5.83 Å². The van der Waals surface area contributed by atoms with Gasteiger partial charge in [0.05, 0.1) is 10.8 Å². The van der Waals surface area contributed by atoms with Crippen LogP contribution >= 0.6 is 0 Å². The van der Waals surface area contributed by atoms with Crippen LogP contribution in [0.3, 0.4) is 0 Å². The lowest BCUT2D eigenvalue weighted by Gasteiger charge is -2.26. The molecule has 29 heavy (non-hydrogen) atoms. The second-order valence-electron chi connectivity index (χ2n) is 7.51. The average Bonchev–Trinajstić information content (AvgIpc) is 3.35. The fourth-order valence-corrected chi connectivity index (χ4v) is 4.39. The van der Waals surface area contributed by atoms with E-state index in [-0.39, 0.29) is 10.3 Å². The predicted molar refractivity (Wildman–Crippen MR) is 100 cm³/mol. The Kier molecular flexibility index (Phi) is 4.62. The molecule has 3 aliphatic carbocycles. The van der Waals surface area contributed by atoms with Crippen LogP contribution in [-0.2, 0) is 14.6 Å². The summed E-state index contributed by atoms with van der Waals surface area (Å²) in [7, 11) is -3.05. The fraction of sp³-hybridized carbons (Fsp3) is 0.333. The first-order valence-electron chi connectivity index (χ1n) is 8.98. The third-order valence-corrected chi connectivity index (χ3v) is 6.85. The largest absolute Gasteiger partial charge is 0.341 e. The summed E-state index contributed by atoms with van der Waals surface area (Å²) in [6.45, 7) is 0. The van der Waals surface area contributed by atoms with E-state index in [4.69, 9.17) is 0 Å². The van der Waals surface area contributed by atoms with E-state index < -0.39 is 39.3 Å². The lowest BCUT2D eigenvalue weighted by atomic mass is 9.86. The molecule has 3 aliphatic rings. The SMILES string of the molecule is COC1(F)C=C(F)C(C2=CC3(C=C2c2ccc(S(=O)(=O)CF)cc2)CC3)C=C1F. The van der Waals surface area contributed by atoms with Gasteiger partial charge in [-0.1, -0.05) is 24.3 Å². The third-order valence-electron chi connectivity index (χ3n) is 5.57. The topological polar surface area (TPSA) is 43.4 Å². The van der Waals surface area contributed by atoms with Crippen molar-refractivity contribution in [1.82, 2.24) is 0 Å². The number of alkyl halides is 2. The van der Waals surface area contributed by atoms with Crippen LogP contribution in [0.15, 0.2) is 70.7 Å². The molecule has 1 aromatic carbocycles. The van der Waals surface area contributed by atoms with Gasteiger partial charge in [0.25, 0.3) is 5.85 Å². The summed E-state index contributed by atoms with van der Waals surface area (Å²) >= 11 is 0. The van der Waals surface area contributed by atoms with Crippen LogP contribution in [0, 0.1) is 11.3 Å². The summed E-state index contributed by atoms with van der Waals surface area (Å²) in [6, 6.07) is 4.06. The van der Waals surface area contributed by atoms with Crippen molar-refractivity contribution in [3.05, 3.63) is 71.4 Å². The fourth-order valence-electron chi connectivity index (χ4n) is 3.72. The van der Waals surface area contributed by atoms with Crippen molar-refractivity contribution in [2.75, 3.05) is 13.1 Å². The molecular weight excluding hydrogens is 408 g/mol. The highest BCUT2D eigenvalue weighted by atomic mass is 32.2. The van der Waals surface area contributed by atoms with Crippen LogP contribution in [0.25, 0.3) is 5.57 Å². The number of halogens is 4. The van der Waals surface area contributed by atoms with Crippen molar-refractivity contribution in [1.29, 1.82) is 0 Å². The predicted octanol–water partition coefficient (Wildman–Crippen LogP) is 5.14. The number of rotatable bonds is 5. The second kappa shape index (κ2) is 6.67. The number of benzene rings is 1. The Morgan fingerprint density at radius 3 is 2.31 bits per heavy atom. The molecule has 0 heterocycles. The molecule has 154 valence electrons. The lowest BCUT2D eigenvalue weighted by molar-refractivity contribution is -0.0667. The van der Waals surface area contributed by atoms with Gasteiger partial charge in [-0.05, 0) is 47.8 Å². The first-order valence-corrected chi connectivity index (χ1v) is 10.6. The van der Waals surface area contributed by atoms with Crippen molar-refractivity contribution in [3.8, 4) is 0 Å². The standard InChI is InChI=1S/C21H18F4O3S/c1-28-21(25)11-18(23)15(8-19(21)24)17-10-20(6-7-20)9-16(17)13-2-4-14(5-3-13)29(26,27)12-22/h2-5,8-11,15H,6-7,12H2,1H3. The Balaban J connectivity index is 1.72. The van der Waals surface area contributed by atoms with Gasteiger partial charge in [-0.3, -0.25) is 0 Å². The summed E-state index contributed by atoms with van der Waals surface area (Å²) in [5, 5.41) is 0. The molecule has 8 heteroatoms. The molecule has 0 aromatic heterocycles. The van der Waals surface area contributed by atoms with Gasteiger partial charge < -0.3 is 4.74 Å². The molecule has 4 rings (SSSR count). The third kappa shape index (κ3) is 3.38. The van der Waals surface area contributed by atoms with E-state index in [0.29, 0.717) is 22.8 Å². The number of ether oxygens (including phenoxy) is 1. The van der Waals surface area contributed by atoms with Crippen molar-refractivity contribution in [2.24, 2.45) is 11.3 Å². The molecule has 1 saturated carbocycles. The lowest BCUT2D eigenvalue weighted by Crippen LogP contribution is -2.28. The molecule has 1 fully saturated rings. The molecule has 2 atom stereocenters. The minimum absolute atomic E-state index is 0.161. The zero-order chi connectivity index (χ0) is 21.0. The van der Waals surface area contributed by atoms with E-state index in [1.807, 2.05) is 12.2 Å². The van der Waals surface area contributed by atoms with Crippen LogP contribution in [0.2, 0.25) is 0 Å². The van der Waals surface area contributed by atoms with Crippen LogP contribution < -0.4 is 0 Å². The molecule has 0 amide bonds. The first-order chi connectivity index (χ1) is 13.6. The van der Waals surface area contributed by atoms with Gasteiger partial charge in [0.15, 0.2) is 11.8 Å². The highest BCUT2D eigenvalue weighted by Crippen LogP contribution is 2.58. The quantitative estimate of drug-likeness (QED) is 0.613. The van der Waals surface area contributed by atoms with Gasteiger partial charge in [0.2, 0.25) is 9.84 Å². The van der Waals surface area contributed by atoms with Gasteiger partial charge in [-0.15, -0.1) is 0 Å². The van der Waals surface area contributed by atoms with Crippen molar-refractivity contribution >= 4 is 15.4 Å². The van der Waals surface area contributed by atoms with Crippen molar-refractivity contribution in [3.63, 3.8) is 0 Å². The van der Waals surface area contributed by atoms with Gasteiger partial charge in [0, 0.05) is 18.6 Å². The summed E-state index contributed by atoms with van der Waals surface area (Å²) < 4.78 is 83.8. The highest BCUT2D eigenvalue weighted by Gasteiger charge is 2.47. The van der Waals surface area contributed by atoms with E-state index in [1.54, 1.807) is 0 Å². The maximum Gasteiger partial charge on any atom is 0.283 e. The minimum atomic E-state index is -4.00. The Hall–Kier alpha value is -2.19. The molecule has 0 bridgehead atoms.